The van der Waals surface area contributed by atoms with Crippen molar-refractivity contribution in [2.24, 2.45) is 5.73 Å². The predicted octanol–water partition coefficient (Wildman–Crippen LogP) is -1.62. The summed E-state index contributed by atoms with van der Waals surface area (Å²) in [6.45, 7) is 0. The number of sulfonamides is 1. The van der Waals surface area contributed by atoms with Gasteiger partial charge in [-0.2, -0.15) is 0 Å². The normalized spacial score (nSPS) is 25.2. The van der Waals surface area contributed by atoms with Crippen LogP contribution in [0.3, 0.4) is 0 Å². The Morgan fingerprint density at radius 1 is 1.53 bits per heavy atom. The highest BCUT2D eigenvalue weighted by Gasteiger charge is 2.30. The molecule has 0 bridgehead atoms. The van der Waals surface area contributed by atoms with Gasteiger partial charge in [0.15, 0.2) is 9.84 Å². The molecule has 1 saturated heterocycles. The second-order valence-electron chi connectivity index (χ2n) is 3.44. The van der Waals surface area contributed by atoms with E-state index in [2.05, 4.69) is 16.9 Å². The van der Waals surface area contributed by atoms with Gasteiger partial charge in [0, 0.05) is 6.04 Å². The number of sulfone groups is 1. The van der Waals surface area contributed by atoms with Crippen LogP contribution in [0.25, 0.3) is 0 Å². The molecule has 0 amide bonds. The SMILES string of the molecule is NC(=S)CS(=O)(=O)NC1CCS(=O)(=O)C1. The van der Waals surface area contributed by atoms with Gasteiger partial charge in [-0.25, -0.2) is 21.6 Å². The summed E-state index contributed by atoms with van der Waals surface area (Å²) in [4.78, 5) is -0.136. The molecule has 1 unspecified atom stereocenters. The van der Waals surface area contributed by atoms with E-state index >= 15 is 0 Å². The molecule has 0 radical (unpaired) electrons. The summed E-state index contributed by atoms with van der Waals surface area (Å²) in [7, 11) is -6.68. The molecule has 0 aromatic rings. The number of nitrogens with two attached hydrogens (primary N) is 1. The highest BCUT2D eigenvalue weighted by molar-refractivity contribution is 7.93. The van der Waals surface area contributed by atoms with Crippen molar-refractivity contribution in [2.75, 3.05) is 17.3 Å². The minimum Gasteiger partial charge on any atom is -0.392 e. The molecule has 0 aromatic carbocycles. The van der Waals surface area contributed by atoms with E-state index in [1.54, 1.807) is 0 Å². The first kappa shape index (κ1) is 12.8. The summed E-state index contributed by atoms with van der Waals surface area (Å²) in [6, 6.07) is -0.547. The maximum Gasteiger partial charge on any atom is 0.218 e. The van der Waals surface area contributed by atoms with E-state index in [4.69, 9.17) is 5.73 Å². The van der Waals surface area contributed by atoms with Crippen molar-refractivity contribution in [1.29, 1.82) is 0 Å². The lowest BCUT2D eigenvalue weighted by Gasteiger charge is -2.10. The first-order valence-electron chi connectivity index (χ1n) is 4.19. The maximum absolute atomic E-state index is 11.3. The molecule has 15 heavy (non-hydrogen) atoms. The van der Waals surface area contributed by atoms with E-state index < -0.39 is 31.7 Å². The van der Waals surface area contributed by atoms with Crippen molar-refractivity contribution in [3.8, 4) is 0 Å². The molecule has 0 spiro atoms. The van der Waals surface area contributed by atoms with E-state index in [0.29, 0.717) is 6.42 Å². The van der Waals surface area contributed by atoms with Crippen LogP contribution in [0.5, 0.6) is 0 Å². The third-order valence-electron chi connectivity index (χ3n) is 1.91. The zero-order chi connectivity index (χ0) is 11.7. The standard InChI is InChI=1S/C6H12N2O4S3/c7-6(13)4-15(11,12)8-5-1-2-14(9,10)3-5/h5,8H,1-4H2,(H2,7,13). The molecule has 0 aromatic heterocycles. The quantitative estimate of drug-likeness (QED) is 0.596. The van der Waals surface area contributed by atoms with Gasteiger partial charge in [0.1, 0.15) is 5.75 Å². The number of nitrogens with one attached hydrogen (secondary N) is 1. The molecule has 1 fully saturated rings. The Kier molecular flexibility index (Phi) is 3.69. The molecule has 1 atom stereocenters. The first-order chi connectivity index (χ1) is 6.70. The van der Waals surface area contributed by atoms with E-state index in [9.17, 15) is 16.8 Å². The van der Waals surface area contributed by atoms with Crippen LogP contribution in [0.2, 0.25) is 0 Å². The largest absolute Gasteiger partial charge is 0.392 e. The monoisotopic (exact) mass is 272 g/mol. The third kappa shape index (κ3) is 4.41. The smallest absolute Gasteiger partial charge is 0.218 e. The zero-order valence-electron chi connectivity index (χ0n) is 7.84. The number of thiocarbonyl (C=S) groups is 1. The van der Waals surface area contributed by atoms with E-state index in [-0.39, 0.29) is 16.5 Å². The highest BCUT2D eigenvalue weighted by atomic mass is 32.2. The van der Waals surface area contributed by atoms with Gasteiger partial charge < -0.3 is 5.73 Å². The fourth-order valence-electron chi connectivity index (χ4n) is 1.37. The lowest BCUT2D eigenvalue weighted by molar-refractivity contribution is 0.566. The van der Waals surface area contributed by atoms with Crippen LogP contribution >= 0.6 is 12.2 Å². The van der Waals surface area contributed by atoms with Gasteiger partial charge in [-0.1, -0.05) is 12.2 Å². The van der Waals surface area contributed by atoms with Crippen molar-refractivity contribution in [2.45, 2.75) is 12.5 Å². The van der Waals surface area contributed by atoms with Gasteiger partial charge in [-0.3, -0.25) is 0 Å². The van der Waals surface area contributed by atoms with Gasteiger partial charge in [-0.15, -0.1) is 0 Å². The van der Waals surface area contributed by atoms with Crippen molar-refractivity contribution < 1.29 is 16.8 Å². The van der Waals surface area contributed by atoms with Crippen LogP contribution in [0.4, 0.5) is 0 Å². The molecule has 1 aliphatic heterocycles. The summed E-state index contributed by atoms with van der Waals surface area (Å²) >= 11 is 4.47. The maximum atomic E-state index is 11.3. The van der Waals surface area contributed by atoms with Gasteiger partial charge in [0.05, 0.1) is 16.5 Å². The van der Waals surface area contributed by atoms with Crippen LogP contribution in [0.15, 0.2) is 0 Å². The average Bonchev–Trinajstić information content (AvgIpc) is 2.25. The minimum absolute atomic E-state index is 0.0211. The fourth-order valence-corrected chi connectivity index (χ4v) is 4.78. The molecule has 0 aliphatic carbocycles. The Morgan fingerprint density at radius 3 is 2.53 bits per heavy atom. The molecular weight excluding hydrogens is 260 g/mol. The molecule has 1 rings (SSSR count). The van der Waals surface area contributed by atoms with Crippen LogP contribution in [-0.4, -0.2) is 45.1 Å². The topological polar surface area (TPSA) is 106 Å². The van der Waals surface area contributed by atoms with Crippen molar-refractivity contribution in [3.05, 3.63) is 0 Å². The van der Waals surface area contributed by atoms with E-state index in [1.165, 1.54) is 0 Å². The minimum atomic E-state index is -3.60. The Hall–Kier alpha value is -0.250. The Balaban J connectivity index is 2.61. The lowest BCUT2D eigenvalue weighted by atomic mass is 10.3. The lowest BCUT2D eigenvalue weighted by Crippen LogP contribution is -2.39. The predicted molar refractivity (Wildman–Crippen MR) is 60.8 cm³/mol. The second-order valence-corrected chi connectivity index (χ2v) is 7.95. The van der Waals surface area contributed by atoms with E-state index in [1.807, 2.05) is 0 Å². The Labute approximate surface area is 94.2 Å². The number of rotatable bonds is 4. The average molecular weight is 272 g/mol. The number of hydrogen-bond donors (Lipinski definition) is 2. The van der Waals surface area contributed by atoms with Crippen LogP contribution in [0.1, 0.15) is 6.42 Å². The van der Waals surface area contributed by atoms with Gasteiger partial charge in [0.2, 0.25) is 10.0 Å². The van der Waals surface area contributed by atoms with Crippen LogP contribution in [-0.2, 0) is 19.9 Å². The fraction of sp³-hybridized carbons (Fsp3) is 0.833. The molecular formula is C6H12N2O4S3. The Bertz CT molecular complexity index is 453. The van der Waals surface area contributed by atoms with Crippen LogP contribution < -0.4 is 10.5 Å². The highest BCUT2D eigenvalue weighted by Crippen LogP contribution is 2.12. The Morgan fingerprint density at radius 2 is 2.13 bits per heavy atom. The van der Waals surface area contributed by atoms with Gasteiger partial charge in [0.25, 0.3) is 0 Å². The summed E-state index contributed by atoms with van der Waals surface area (Å²) < 4.78 is 47.1. The van der Waals surface area contributed by atoms with Gasteiger partial charge >= 0.3 is 0 Å². The molecule has 1 aliphatic rings. The summed E-state index contributed by atoms with van der Waals surface area (Å²) in [5.41, 5.74) is 5.10. The van der Waals surface area contributed by atoms with Gasteiger partial charge in [-0.05, 0) is 6.42 Å². The summed E-state index contributed by atoms with van der Waals surface area (Å²) in [5, 5.41) is 0. The van der Waals surface area contributed by atoms with Crippen molar-refractivity contribution >= 4 is 37.1 Å². The molecule has 3 N–H and O–H groups in total. The molecule has 0 saturated carbocycles. The molecule has 6 nitrogen and oxygen atoms in total. The summed E-state index contributed by atoms with van der Waals surface area (Å²) in [6.07, 6.45) is 0.304. The zero-order valence-corrected chi connectivity index (χ0v) is 10.3. The van der Waals surface area contributed by atoms with Crippen LogP contribution in [0, 0.1) is 0 Å². The van der Waals surface area contributed by atoms with E-state index in [0.717, 1.165) is 0 Å². The second kappa shape index (κ2) is 4.32. The molecule has 9 heteroatoms. The third-order valence-corrected chi connectivity index (χ3v) is 5.39. The number of hydrogen-bond acceptors (Lipinski definition) is 5. The van der Waals surface area contributed by atoms with Crippen molar-refractivity contribution in [3.63, 3.8) is 0 Å². The molecule has 1 heterocycles. The van der Waals surface area contributed by atoms with Crippen molar-refractivity contribution in [1.82, 2.24) is 4.72 Å². The molecule has 88 valence electrons. The summed E-state index contributed by atoms with van der Waals surface area (Å²) in [5.74, 6) is -0.574. The first-order valence-corrected chi connectivity index (χ1v) is 8.07.